The monoisotopic (exact) mass is 297 g/mol. The highest BCUT2D eigenvalue weighted by atomic mass is 35.5. The quantitative estimate of drug-likeness (QED) is 0.830. The van der Waals surface area contributed by atoms with E-state index in [1.165, 1.54) is 12.1 Å². The number of rotatable bonds is 6. The largest absolute Gasteiger partial charge is 0.385 e. The average Bonchev–Trinajstić information content (AvgIpc) is 2.78. The molecule has 4 nitrogen and oxygen atoms in total. The molecule has 0 atom stereocenters. The minimum absolute atomic E-state index is 0.341. The zero-order valence-corrected chi connectivity index (χ0v) is 12.2. The van der Waals surface area contributed by atoms with E-state index in [1.54, 1.807) is 23.9 Å². The van der Waals surface area contributed by atoms with Gasteiger partial charge in [0.15, 0.2) is 0 Å². The van der Waals surface area contributed by atoms with Crippen molar-refractivity contribution in [1.29, 1.82) is 0 Å². The van der Waals surface area contributed by atoms with E-state index < -0.39 is 0 Å². The molecule has 0 saturated heterocycles. The maximum Gasteiger partial charge on any atom is 0.207 e. The van der Waals surface area contributed by atoms with E-state index in [9.17, 15) is 4.39 Å². The average molecular weight is 298 g/mol. The van der Waals surface area contributed by atoms with Crippen LogP contribution in [-0.2, 0) is 4.74 Å². The first-order chi connectivity index (χ1) is 9.61. The highest BCUT2D eigenvalue weighted by Gasteiger charge is 2.11. The molecule has 2 rings (SSSR count). The van der Waals surface area contributed by atoms with Crippen molar-refractivity contribution < 1.29 is 9.13 Å². The smallest absolute Gasteiger partial charge is 0.207 e. The van der Waals surface area contributed by atoms with Gasteiger partial charge in [-0.3, -0.25) is 4.57 Å². The van der Waals surface area contributed by atoms with Crippen molar-refractivity contribution in [2.75, 3.05) is 25.6 Å². The van der Waals surface area contributed by atoms with Crippen LogP contribution in [0.1, 0.15) is 12.1 Å². The SMILES string of the molecule is COCCCNc1nc(C)cn1-c1cc(Cl)ccc1F. The zero-order valence-electron chi connectivity index (χ0n) is 11.5. The number of hydrogen-bond donors (Lipinski definition) is 1. The number of aryl methyl sites for hydroxylation is 1. The summed E-state index contributed by atoms with van der Waals surface area (Å²) in [5, 5.41) is 3.66. The molecule has 2 aromatic rings. The van der Waals surface area contributed by atoms with Crippen LogP contribution in [0.3, 0.4) is 0 Å². The number of anilines is 1. The molecule has 1 aromatic heterocycles. The van der Waals surface area contributed by atoms with Crippen molar-refractivity contribution in [3.63, 3.8) is 0 Å². The molecular weight excluding hydrogens is 281 g/mol. The third-order valence-electron chi connectivity index (χ3n) is 2.80. The molecular formula is C14H17ClFN3O. The molecule has 0 aliphatic rings. The van der Waals surface area contributed by atoms with Crippen LogP contribution in [0, 0.1) is 12.7 Å². The Bertz CT molecular complexity index is 586. The molecule has 1 heterocycles. The van der Waals surface area contributed by atoms with Gasteiger partial charge in [0.25, 0.3) is 0 Å². The predicted octanol–water partition coefficient (Wildman–Crippen LogP) is 3.42. The summed E-state index contributed by atoms with van der Waals surface area (Å²) in [6, 6.07) is 4.45. The Morgan fingerprint density at radius 3 is 3.00 bits per heavy atom. The van der Waals surface area contributed by atoms with E-state index in [4.69, 9.17) is 16.3 Å². The van der Waals surface area contributed by atoms with Crippen molar-refractivity contribution in [3.05, 3.63) is 40.9 Å². The van der Waals surface area contributed by atoms with Gasteiger partial charge in [-0.05, 0) is 31.5 Å². The van der Waals surface area contributed by atoms with Gasteiger partial charge in [0.2, 0.25) is 5.95 Å². The lowest BCUT2D eigenvalue weighted by Gasteiger charge is -2.10. The molecule has 0 fully saturated rings. The lowest BCUT2D eigenvalue weighted by Crippen LogP contribution is -2.10. The number of nitrogens with one attached hydrogen (secondary N) is 1. The first kappa shape index (κ1) is 14.8. The molecule has 1 aromatic carbocycles. The van der Waals surface area contributed by atoms with Crippen LogP contribution >= 0.6 is 11.6 Å². The Balaban J connectivity index is 2.25. The van der Waals surface area contributed by atoms with Crippen LogP contribution in [0.5, 0.6) is 0 Å². The molecule has 0 spiro atoms. The van der Waals surface area contributed by atoms with Gasteiger partial charge in [-0.1, -0.05) is 11.6 Å². The molecule has 108 valence electrons. The number of imidazole rings is 1. The summed E-state index contributed by atoms with van der Waals surface area (Å²) >= 11 is 5.93. The first-order valence-electron chi connectivity index (χ1n) is 6.36. The van der Waals surface area contributed by atoms with Crippen LogP contribution in [0.15, 0.2) is 24.4 Å². The normalized spacial score (nSPS) is 10.8. The minimum atomic E-state index is -0.341. The van der Waals surface area contributed by atoms with Crippen LogP contribution in [0.4, 0.5) is 10.3 Å². The second-order valence-electron chi connectivity index (χ2n) is 4.44. The summed E-state index contributed by atoms with van der Waals surface area (Å²) in [6.07, 6.45) is 2.62. The molecule has 0 bridgehead atoms. The molecule has 0 amide bonds. The van der Waals surface area contributed by atoms with E-state index in [-0.39, 0.29) is 5.82 Å². The van der Waals surface area contributed by atoms with Crippen LogP contribution < -0.4 is 5.32 Å². The summed E-state index contributed by atoms with van der Waals surface area (Å²) < 4.78 is 20.6. The molecule has 20 heavy (non-hydrogen) atoms. The summed E-state index contributed by atoms with van der Waals surface area (Å²) in [7, 11) is 1.66. The van der Waals surface area contributed by atoms with Gasteiger partial charge >= 0.3 is 0 Å². The highest BCUT2D eigenvalue weighted by Crippen LogP contribution is 2.23. The summed E-state index contributed by atoms with van der Waals surface area (Å²) in [5.41, 5.74) is 1.19. The molecule has 0 radical (unpaired) electrons. The van der Waals surface area contributed by atoms with Gasteiger partial charge in [-0.15, -0.1) is 0 Å². The van der Waals surface area contributed by atoms with Crippen molar-refractivity contribution in [3.8, 4) is 5.69 Å². The molecule has 6 heteroatoms. The number of benzene rings is 1. The fourth-order valence-electron chi connectivity index (χ4n) is 1.89. The second kappa shape index (κ2) is 6.72. The standard InChI is InChI=1S/C14H17ClFN3O/c1-10-9-19(13-8-11(15)4-5-12(13)16)14(18-10)17-6-3-7-20-2/h4-5,8-9H,3,6-7H2,1-2H3,(H,17,18). The topological polar surface area (TPSA) is 39.1 Å². The van der Waals surface area contributed by atoms with Gasteiger partial charge < -0.3 is 10.1 Å². The Labute approximate surface area is 122 Å². The maximum atomic E-state index is 13.9. The van der Waals surface area contributed by atoms with E-state index in [2.05, 4.69) is 10.3 Å². The van der Waals surface area contributed by atoms with Crippen molar-refractivity contribution in [1.82, 2.24) is 9.55 Å². The van der Waals surface area contributed by atoms with Crippen LogP contribution in [0.25, 0.3) is 5.69 Å². The maximum absolute atomic E-state index is 13.9. The van der Waals surface area contributed by atoms with Gasteiger partial charge in [0.05, 0.1) is 11.4 Å². The number of ether oxygens (including phenoxy) is 1. The van der Waals surface area contributed by atoms with Crippen molar-refractivity contribution >= 4 is 17.5 Å². The fourth-order valence-corrected chi connectivity index (χ4v) is 2.06. The van der Waals surface area contributed by atoms with E-state index in [1.807, 2.05) is 6.92 Å². The summed E-state index contributed by atoms with van der Waals surface area (Å²) in [6.45, 7) is 3.23. The fraction of sp³-hybridized carbons (Fsp3) is 0.357. The molecule has 0 saturated carbocycles. The Morgan fingerprint density at radius 2 is 2.25 bits per heavy atom. The van der Waals surface area contributed by atoms with Crippen molar-refractivity contribution in [2.45, 2.75) is 13.3 Å². The lowest BCUT2D eigenvalue weighted by atomic mass is 10.3. The number of hydrogen-bond acceptors (Lipinski definition) is 3. The molecule has 0 unspecified atom stereocenters. The van der Waals surface area contributed by atoms with Gasteiger partial charge in [-0.2, -0.15) is 0 Å². The predicted molar refractivity (Wildman–Crippen MR) is 78.3 cm³/mol. The molecule has 0 aliphatic carbocycles. The Kier molecular flexibility index (Phi) is 4.98. The second-order valence-corrected chi connectivity index (χ2v) is 4.88. The Hall–Kier alpha value is -1.59. The summed E-state index contributed by atoms with van der Waals surface area (Å²) in [5.74, 6) is 0.256. The van der Waals surface area contributed by atoms with Crippen LogP contribution in [0.2, 0.25) is 5.02 Å². The van der Waals surface area contributed by atoms with E-state index in [0.717, 1.165) is 12.1 Å². The third kappa shape index (κ3) is 3.49. The Morgan fingerprint density at radius 1 is 1.45 bits per heavy atom. The lowest BCUT2D eigenvalue weighted by molar-refractivity contribution is 0.197. The summed E-state index contributed by atoms with van der Waals surface area (Å²) in [4.78, 5) is 4.36. The number of methoxy groups -OCH3 is 1. The molecule has 1 N–H and O–H groups in total. The minimum Gasteiger partial charge on any atom is -0.385 e. The third-order valence-corrected chi connectivity index (χ3v) is 3.04. The van der Waals surface area contributed by atoms with E-state index in [0.29, 0.717) is 29.8 Å². The number of nitrogens with zero attached hydrogens (tertiary/aromatic N) is 2. The molecule has 0 aliphatic heterocycles. The van der Waals surface area contributed by atoms with Crippen molar-refractivity contribution in [2.24, 2.45) is 0 Å². The van der Waals surface area contributed by atoms with Gasteiger partial charge in [-0.25, -0.2) is 9.37 Å². The number of aromatic nitrogens is 2. The zero-order chi connectivity index (χ0) is 14.5. The number of halogens is 2. The van der Waals surface area contributed by atoms with Crippen LogP contribution in [-0.4, -0.2) is 29.8 Å². The highest BCUT2D eigenvalue weighted by molar-refractivity contribution is 6.30. The first-order valence-corrected chi connectivity index (χ1v) is 6.74. The van der Waals surface area contributed by atoms with Gasteiger partial charge in [0.1, 0.15) is 5.82 Å². The van der Waals surface area contributed by atoms with E-state index >= 15 is 0 Å². The van der Waals surface area contributed by atoms with Gasteiger partial charge in [0, 0.05) is 31.5 Å².